The lowest BCUT2D eigenvalue weighted by molar-refractivity contribution is 1.27. The highest BCUT2D eigenvalue weighted by molar-refractivity contribution is 5.79. The SMILES string of the molecule is CC.c1cncc(-c2cccnc2-c2cccnc2)c1. The van der Waals surface area contributed by atoms with Gasteiger partial charge in [0.25, 0.3) is 0 Å². The number of hydrogen-bond acceptors (Lipinski definition) is 3. The highest BCUT2D eigenvalue weighted by atomic mass is 14.7. The van der Waals surface area contributed by atoms with Gasteiger partial charge < -0.3 is 0 Å². The summed E-state index contributed by atoms with van der Waals surface area (Å²) in [5.41, 5.74) is 4.07. The molecule has 0 aliphatic heterocycles. The Labute approximate surface area is 119 Å². The molecule has 0 bridgehead atoms. The summed E-state index contributed by atoms with van der Waals surface area (Å²) >= 11 is 0. The van der Waals surface area contributed by atoms with Crippen molar-refractivity contribution in [2.24, 2.45) is 0 Å². The van der Waals surface area contributed by atoms with Crippen molar-refractivity contribution >= 4 is 0 Å². The maximum atomic E-state index is 4.46. The van der Waals surface area contributed by atoms with Crippen LogP contribution in [-0.2, 0) is 0 Å². The fourth-order valence-electron chi connectivity index (χ4n) is 1.89. The van der Waals surface area contributed by atoms with Crippen molar-refractivity contribution in [2.75, 3.05) is 0 Å². The van der Waals surface area contributed by atoms with Crippen molar-refractivity contribution in [3.8, 4) is 22.4 Å². The molecule has 3 nitrogen and oxygen atoms in total. The summed E-state index contributed by atoms with van der Waals surface area (Å²) in [5.74, 6) is 0. The van der Waals surface area contributed by atoms with Crippen molar-refractivity contribution < 1.29 is 0 Å². The van der Waals surface area contributed by atoms with E-state index in [0.29, 0.717) is 0 Å². The van der Waals surface area contributed by atoms with Crippen LogP contribution in [0.1, 0.15) is 13.8 Å². The molecule has 0 radical (unpaired) electrons. The molecule has 3 heteroatoms. The molecule has 3 aromatic heterocycles. The van der Waals surface area contributed by atoms with Crippen molar-refractivity contribution in [3.05, 3.63) is 67.4 Å². The Bertz CT molecular complexity index is 578. The third-order valence-corrected chi connectivity index (χ3v) is 2.72. The second kappa shape index (κ2) is 7.14. The first-order valence-electron chi connectivity index (χ1n) is 6.71. The summed E-state index contributed by atoms with van der Waals surface area (Å²) in [6, 6.07) is 11.9. The Kier molecular flexibility index (Phi) is 4.95. The molecule has 3 rings (SSSR count). The van der Waals surface area contributed by atoms with E-state index < -0.39 is 0 Å². The largest absolute Gasteiger partial charge is 0.264 e. The van der Waals surface area contributed by atoms with Crippen LogP contribution in [0.15, 0.2) is 67.4 Å². The van der Waals surface area contributed by atoms with Gasteiger partial charge in [-0.1, -0.05) is 26.0 Å². The fourth-order valence-corrected chi connectivity index (χ4v) is 1.89. The molecule has 100 valence electrons. The average molecular weight is 263 g/mol. The highest BCUT2D eigenvalue weighted by Crippen LogP contribution is 2.28. The summed E-state index contributed by atoms with van der Waals surface area (Å²) in [7, 11) is 0. The van der Waals surface area contributed by atoms with Crippen LogP contribution in [0.25, 0.3) is 22.4 Å². The molecule has 3 aromatic rings. The maximum absolute atomic E-state index is 4.46. The van der Waals surface area contributed by atoms with Crippen LogP contribution >= 0.6 is 0 Å². The van der Waals surface area contributed by atoms with Gasteiger partial charge in [0.1, 0.15) is 0 Å². The van der Waals surface area contributed by atoms with Crippen LogP contribution < -0.4 is 0 Å². The van der Waals surface area contributed by atoms with Gasteiger partial charge in [0, 0.05) is 47.7 Å². The summed E-state index contributed by atoms with van der Waals surface area (Å²) in [6.07, 6.45) is 8.99. The standard InChI is InChI=1S/C15H11N3.C2H6/c1-4-12(10-16-7-1)14-6-3-9-18-15(14)13-5-2-8-17-11-13;1-2/h1-11H;1-2H3. The van der Waals surface area contributed by atoms with Gasteiger partial charge in [0.05, 0.1) is 5.69 Å². The van der Waals surface area contributed by atoms with Crippen LogP contribution in [0, 0.1) is 0 Å². The molecule has 0 atom stereocenters. The number of nitrogens with zero attached hydrogens (tertiary/aromatic N) is 3. The number of hydrogen-bond donors (Lipinski definition) is 0. The van der Waals surface area contributed by atoms with E-state index >= 15 is 0 Å². The monoisotopic (exact) mass is 263 g/mol. The molecule has 0 aliphatic carbocycles. The van der Waals surface area contributed by atoms with Crippen LogP contribution in [0.5, 0.6) is 0 Å². The topological polar surface area (TPSA) is 38.7 Å². The Morgan fingerprint density at radius 3 is 1.90 bits per heavy atom. The molecule has 0 saturated heterocycles. The van der Waals surface area contributed by atoms with Crippen molar-refractivity contribution in [1.29, 1.82) is 0 Å². The molecule has 0 unspecified atom stereocenters. The first-order chi connectivity index (χ1) is 9.95. The predicted molar refractivity (Wildman–Crippen MR) is 82.0 cm³/mol. The van der Waals surface area contributed by atoms with E-state index in [-0.39, 0.29) is 0 Å². The minimum absolute atomic E-state index is 0.929. The summed E-state index contributed by atoms with van der Waals surface area (Å²) in [5, 5.41) is 0. The zero-order chi connectivity index (χ0) is 14.2. The third kappa shape index (κ3) is 3.06. The van der Waals surface area contributed by atoms with E-state index in [4.69, 9.17) is 0 Å². The number of rotatable bonds is 2. The first kappa shape index (κ1) is 13.9. The second-order valence-electron chi connectivity index (χ2n) is 3.88. The van der Waals surface area contributed by atoms with Crippen molar-refractivity contribution in [2.45, 2.75) is 13.8 Å². The molecule has 0 amide bonds. The van der Waals surface area contributed by atoms with E-state index in [9.17, 15) is 0 Å². The van der Waals surface area contributed by atoms with E-state index in [0.717, 1.165) is 22.4 Å². The predicted octanol–water partition coefficient (Wildman–Crippen LogP) is 4.23. The fraction of sp³-hybridized carbons (Fsp3) is 0.118. The number of pyridine rings is 3. The van der Waals surface area contributed by atoms with Crippen LogP contribution in [0.2, 0.25) is 0 Å². The second-order valence-corrected chi connectivity index (χ2v) is 3.88. The minimum atomic E-state index is 0.929. The lowest BCUT2D eigenvalue weighted by Gasteiger charge is -2.07. The normalized spacial score (nSPS) is 9.50. The Morgan fingerprint density at radius 2 is 1.30 bits per heavy atom. The molecule has 0 spiro atoms. The molecule has 0 aromatic carbocycles. The maximum Gasteiger partial charge on any atom is 0.0796 e. The quantitative estimate of drug-likeness (QED) is 0.694. The zero-order valence-electron chi connectivity index (χ0n) is 11.7. The van der Waals surface area contributed by atoms with Gasteiger partial charge in [-0.3, -0.25) is 15.0 Å². The van der Waals surface area contributed by atoms with Crippen LogP contribution in [-0.4, -0.2) is 15.0 Å². The van der Waals surface area contributed by atoms with Crippen molar-refractivity contribution in [3.63, 3.8) is 0 Å². The van der Waals surface area contributed by atoms with Gasteiger partial charge in [-0.25, -0.2) is 0 Å². The molecule has 20 heavy (non-hydrogen) atoms. The van der Waals surface area contributed by atoms with Gasteiger partial charge >= 0.3 is 0 Å². The Balaban J connectivity index is 0.000000704. The van der Waals surface area contributed by atoms with Crippen LogP contribution in [0.4, 0.5) is 0 Å². The van der Waals surface area contributed by atoms with Crippen molar-refractivity contribution in [1.82, 2.24) is 15.0 Å². The van der Waals surface area contributed by atoms with Gasteiger partial charge in [0.2, 0.25) is 0 Å². The smallest absolute Gasteiger partial charge is 0.0796 e. The Hall–Kier alpha value is -2.55. The summed E-state index contributed by atoms with van der Waals surface area (Å²) in [6.45, 7) is 4.00. The zero-order valence-corrected chi connectivity index (χ0v) is 11.7. The van der Waals surface area contributed by atoms with Gasteiger partial charge in [-0.2, -0.15) is 0 Å². The Morgan fingerprint density at radius 1 is 0.700 bits per heavy atom. The van der Waals surface area contributed by atoms with E-state index in [1.807, 2.05) is 62.6 Å². The lowest BCUT2D eigenvalue weighted by atomic mass is 10.0. The minimum Gasteiger partial charge on any atom is -0.264 e. The number of aromatic nitrogens is 3. The summed E-state index contributed by atoms with van der Waals surface area (Å²) in [4.78, 5) is 12.8. The molecule has 0 N–H and O–H groups in total. The van der Waals surface area contributed by atoms with E-state index in [2.05, 4.69) is 15.0 Å². The molecular formula is C17H17N3. The molecule has 0 aliphatic rings. The third-order valence-electron chi connectivity index (χ3n) is 2.72. The molecule has 0 fully saturated rings. The van der Waals surface area contributed by atoms with Gasteiger partial charge in [-0.05, 0) is 24.3 Å². The van der Waals surface area contributed by atoms with Gasteiger partial charge in [0.15, 0.2) is 0 Å². The lowest BCUT2D eigenvalue weighted by Crippen LogP contribution is -1.89. The average Bonchev–Trinajstić information content (AvgIpc) is 2.58. The molecule has 3 heterocycles. The molecular weight excluding hydrogens is 246 g/mol. The summed E-state index contributed by atoms with van der Waals surface area (Å²) < 4.78 is 0. The van der Waals surface area contributed by atoms with E-state index in [1.165, 1.54) is 0 Å². The molecule has 0 saturated carbocycles. The highest BCUT2D eigenvalue weighted by Gasteiger charge is 2.07. The van der Waals surface area contributed by atoms with Crippen LogP contribution in [0.3, 0.4) is 0 Å². The van der Waals surface area contributed by atoms with Gasteiger partial charge in [-0.15, -0.1) is 0 Å². The van der Waals surface area contributed by atoms with E-state index in [1.54, 1.807) is 18.6 Å². The first-order valence-corrected chi connectivity index (χ1v) is 6.71.